The van der Waals surface area contributed by atoms with Crippen LogP contribution in [0.3, 0.4) is 0 Å². The van der Waals surface area contributed by atoms with Gasteiger partial charge in [-0.05, 0) is 41.8 Å². The second-order valence-electron chi connectivity index (χ2n) is 9.58. The van der Waals surface area contributed by atoms with E-state index in [1.165, 1.54) is 0 Å². The van der Waals surface area contributed by atoms with E-state index in [0.29, 0.717) is 43.6 Å². The highest BCUT2D eigenvalue weighted by Gasteiger charge is 2.53. The zero-order chi connectivity index (χ0) is 26.3. The Bertz CT molecular complexity index is 1210. The number of amides is 1. The summed E-state index contributed by atoms with van der Waals surface area (Å²) in [6.07, 6.45) is 0.319. The molecule has 37 heavy (non-hydrogen) atoms. The molecule has 0 radical (unpaired) electrons. The van der Waals surface area contributed by atoms with Crippen molar-refractivity contribution in [2.45, 2.75) is 38.3 Å². The number of rotatable bonds is 11. The number of aliphatic hydroxyl groups excluding tert-OH is 1. The zero-order valence-electron chi connectivity index (χ0n) is 21.2. The summed E-state index contributed by atoms with van der Waals surface area (Å²) in [6.45, 7) is 5.21. The third kappa shape index (κ3) is 6.40. The maximum atomic E-state index is 14.0. The van der Waals surface area contributed by atoms with Crippen LogP contribution in [0.15, 0.2) is 88.3 Å². The number of hydrogen-bond acceptors (Lipinski definition) is 5. The van der Waals surface area contributed by atoms with E-state index in [1.807, 2.05) is 78.9 Å². The van der Waals surface area contributed by atoms with E-state index in [0.717, 1.165) is 21.2 Å². The highest BCUT2D eigenvalue weighted by Crippen LogP contribution is 2.44. The molecule has 6 nitrogen and oxygen atoms in total. The molecule has 0 aromatic heterocycles. The first-order chi connectivity index (χ1) is 17.9. The van der Waals surface area contributed by atoms with Gasteiger partial charge in [0.1, 0.15) is 5.75 Å². The van der Waals surface area contributed by atoms with Gasteiger partial charge in [0.05, 0.1) is 6.61 Å². The van der Waals surface area contributed by atoms with Gasteiger partial charge in [0.2, 0.25) is 5.90 Å². The van der Waals surface area contributed by atoms with Crippen LogP contribution >= 0.6 is 15.9 Å². The van der Waals surface area contributed by atoms with Gasteiger partial charge in [-0.2, -0.15) is 0 Å². The number of benzene rings is 3. The summed E-state index contributed by atoms with van der Waals surface area (Å²) in [5, 5.41) is 12.1. The fraction of sp³-hybridized carbons (Fsp3) is 0.333. The van der Waals surface area contributed by atoms with Gasteiger partial charge in [-0.3, -0.25) is 4.79 Å². The summed E-state index contributed by atoms with van der Waals surface area (Å²) in [4.78, 5) is 19.0. The molecule has 0 saturated carbocycles. The van der Waals surface area contributed by atoms with Crippen LogP contribution in [0, 0.1) is 5.92 Å². The van der Waals surface area contributed by atoms with Crippen molar-refractivity contribution >= 4 is 27.7 Å². The van der Waals surface area contributed by atoms with Crippen LogP contribution in [0.5, 0.6) is 5.75 Å². The van der Waals surface area contributed by atoms with Gasteiger partial charge >= 0.3 is 0 Å². The summed E-state index contributed by atoms with van der Waals surface area (Å²) in [6, 6.07) is 25.2. The zero-order valence-corrected chi connectivity index (χ0v) is 22.8. The summed E-state index contributed by atoms with van der Waals surface area (Å²) in [5.41, 5.74) is 1.42. The predicted molar refractivity (Wildman–Crippen MR) is 149 cm³/mol. The van der Waals surface area contributed by atoms with Crippen molar-refractivity contribution in [3.05, 3.63) is 100 Å². The molecule has 3 aromatic carbocycles. The van der Waals surface area contributed by atoms with Crippen molar-refractivity contribution in [3.8, 4) is 5.75 Å². The fourth-order valence-corrected chi connectivity index (χ4v) is 4.80. The van der Waals surface area contributed by atoms with Gasteiger partial charge in [0.15, 0.2) is 11.6 Å². The standard InChI is InChI=1S/C30H33BrN2O4/c1-21(2)20-32-29(35)30(19-22-9-4-3-5-10-22)27(25-11-6-7-12-26(25)31)37-28(33-30)23-13-15-24(16-14-23)36-18-8-17-34/h3-7,9-16,21,27,34H,8,17-20H2,1-2H3,(H,32,35)/t27-,30-/m1/s1. The first-order valence-electron chi connectivity index (χ1n) is 12.6. The van der Waals surface area contributed by atoms with Crippen LogP contribution in [-0.2, 0) is 16.0 Å². The Morgan fingerprint density at radius 2 is 1.78 bits per heavy atom. The molecule has 3 aromatic rings. The molecular formula is C30H33BrN2O4. The molecule has 1 aliphatic rings. The Kier molecular flexibility index (Phi) is 9.00. The average molecular weight is 566 g/mol. The molecule has 0 spiro atoms. The lowest BCUT2D eigenvalue weighted by atomic mass is 9.82. The number of ether oxygens (including phenoxy) is 2. The van der Waals surface area contributed by atoms with Crippen LogP contribution in [-0.4, -0.2) is 42.2 Å². The van der Waals surface area contributed by atoms with E-state index < -0.39 is 11.6 Å². The van der Waals surface area contributed by atoms with Crippen molar-refractivity contribution < 1.29 is 19.4 Å². The summed E-state index contributed by atoms with van der Waals surface area (Å²) in [5.74, 6) is 1.25. The van der Waals surface area contributed by atoms with E-state index in [4.69, 9.17) is 19.6 Å². The van der Waals surface area contributed by atoms with Gasteiger partial charge in [-0.1, -0.05) is 78.3 Å². The van der Waals surface area contributed by atoms with Crippen LogP contribution in [0.25, 0.3) is 0 Å². The molecule has 0 aliphatic carbocycles. The Morgan fingerprint density at radius 3 is 2.46 bits per heavy atom. The molecule has 1 heterocycles. The molecular weight excluding hydrogens is 532 g/mol. The number of nitrogens with zero attached hydrogens (tertiary/aromatic N) is 1. The fourth-order valence-electron chi connectivity index (χ4n) is 4.30. The molecule has 1 amide bonds. The molecule has 0 unspecified atom stereocenters. The second-order valence-corrected chi connectivity index (χ2v) is 10.4. The van der Waals surface area contributed by atoms with E-state index in [1.54, 1.807) is 0 Å². The van der Waals surface area contributed by atoms with Crippen molar-refractivity contribution in [2.24, 2.45) is 10.9 Å². The maximum Gasteiger partial charge on any atom is 0.252 e. The van der Waals surface area contributed by atoms with Crippen molar-refractivity contribution in [2.75, 3.05) is 19.8 Å². The Labute approximate surface area is 226 Å². The van der Waals surface area contributed by atoms with Crippen LogP contribution in [0.2, 0.25) is 0 Å². The van der Waals surface area contributed by atoms with Crippen LogP contribution in [0.4, 0.5) is 0 Å². The highest BCUT2D eigenvalue weighted by atomic mass is 79.9. The monoisotopic (exact) mass is 564 g/mol. The van der Waals surface area contributed by atoms with Gasteiger partial charge in [-0.25, -0.2) is 4.99 Å². The number of nitrogens with one attached hydrogen (secondary N) is 1. The molecule has 194 valence electrons. The first-order valence-corrected chi connectivity index (χ1v) is 13.4. The summed E-state index contributed by atoms with van der Waals surface area (Å²) >= 11 is 3.67. The normalized spacial score (nSPS) is 18.8. The third-order valence-corrected chi connectivity index (χ3v) is 6.93. The lowest BCUT2D eigenvalue weighted by molar-refractivity contribution is -0.129. The minimum absolute atomic E-state index is 0.0849. The number of hydrogen-bond donors (Lipinski definition) is 2. The van der Waals surface area contributed by atoms with Crippen LogP contribution < -0.4 is 10.1 Å². The van der Waals surface area contributed by atoms with Crippen molar-refractivity contribution in [1.82, 2.24) is 5.32 Å². The number of aliphatic imine (C=N–C) groups is 1. The van der Waals surface area contributed by atoms with Gasteiger partial charge in [-0.15, -0.1) is 0 Å². The van der Waals surface area contributed by atoms with E-state index in [9.17, 15) is 4.79 Å². The van der Waals surface area contributed by atoms with Crippen molar-refractivity contribution in [1.29, 1.82) is 0 Å². The number of aliphatic hydroxyl groups is 1. The Hall–Kier alpha value is -3.16. The summed E-state index contributed by atoms with van der Waals surface area (Å²) < 4.78 is 13.1. The predicted octanol–water partition coefficient (Wildman–Crippen LogP) is 5.48. The number of halogens is 1. The molecule has 4 rings (SSSR count). The maximum absolute atomic E-state index is 14.0. The minimum atomic E-state index is -1.20. The van der Waals surface area contributed by atoms with Crippen molar-refractivity contribution in [3.63, 3.8) is 0 Å². The second kappa shape index (κ2) is 12.4. The SMILES string of the molecule is CC(C)CNC(=O)[C@]1(Cc2ccccc2)N=C(c2ccc(OCCCO)cc2)O[C@@H]1c1ccccc1Br. The summed E-state index contributed by atoms with van der Waals surface area (Å²) in [7, 11) is 0. The van der Waals surface area contributed by atoms with E-state index in [-0.39, 0.29) is 12.5 Å². The number of carbonyl (C=O) groups excluding carboxylic acids is 1. The molecule has 2 N–H and O–H groups in total. The smallest absolute Gasteiger partial charge is 0.252 e. The number of carbonyl (C=O) groups is 1. The Morgan fingerprint density at radius 1 is 1.08 bits per heavy atom. The molecule has 2 atom stereocenters. The molecule has 0 bridgehead atoms. The molecule has 7 heteroatoms. The molecule has 1 aliphatic heterocycles. The Balaban J connectivity index is 1.77. The first kappa shape index (κ1) is 26.9. The average Bonchev–Trinajstić information content (AvgIpc) is 3.28. The highest BCUT2D eigenvalue weighted by molar-refractivity contribution is 9.10. The van der Waals surface area contributed by atoms with Gasteiger partial charge in [0.25, 0.3) is 5.91 Å². The lowest BCUT2D eigenvalue weighted by Crippen LogP contribution is -2.50. The topological polar surface area (TPSA) is 80.2 Å². The van der Waals surface area contributed by atoms with E-state index >= 15 is 0 Å². The molecule has 0 saturated heterocycles. The van der Waals surface area contributed by atoms with Crippen LogP contribution in [0.1, 0.15) is 43.1 Å². The molecule has 0 fully saturated rings. The largest absolute Gasteiger partial charge is 0.494 e. The van der Waals surface area contributed by atoms with Gasteiger partial charge < -0.3 is 19.9 Å². The quantitative estimate of drug-likeness (QED) is 0.302. The lowest BCUT2D eigenvalue weighted by Gasteiger charge is -2.31. The van der Waals surface area contributed by atoms with E-state index in [2.05, 4.69) is 35.1 Å². The minimum Gasteiger partial charge on any atom is -0.494 e. The third-order valence-electron chi connectivity index (χ3n) is 6.20. The van der Waals surface area contributed by atoms with Gasteiger partial charge in [0, 0.05) is 41.6 Å².